The van der Waals surface area contributed by atoms with Gasteiger partial charge in [-0.2, -0.15) is 4.98 Å². The number of rotatable bonds is 5. The van der Waals surface area contributed by atoms with Crippen molar-refractivity contribution in [3.63, 3.8) is 0 Å². The molecule has 5 heteroatoms. The highest BCUT2D eigenvalue weighted by atomic mass is 16.5. The van der Waals surface area contributed by atoms with Gasteiger partial charge in [-0.15, -0.1) is 0 Å². The van der Waals surface area contributed by atoms with E-state index in [4.69, 9.17) is 4.52 Å². The van der Waals surface area contributed by atoms with Gasteiger partial charge in [0.1, 0.15) is 0 Å². The van der Waals surface area contributed by atoms with Gasteiger partial charge in [0.15, 0.2) is 5.82 Å². The molecule has 17 heavy (non-hydrogen) atoms. The van der Waals surface area contributed by atoms with Crippen LogP contribution < -0.4 is 5.32 Å². The summed E-state index contributed by atoms with van der Waals surface area (Å²) < 4.78 is 7.02. The molecule has 3 rings (SSSR count). The summed E-state index contributed by atoms with van der Waals surface area (Å²) in [7, 11) is 0. The van der Waals surface area contributed by atoms with Crippen LogP contribution in [0.3, 0.4) is 0 Å². The van der Waals surface area contributed by atoms with E-state index in [2.05, 4.69) is 38.5 Å². The van der Waals surface area contributed by atoms with Crippen molar-refractivity contribution in [2.45, 2.75) is 38.9 Å². The third-order valence-electron chi connectivity index (χ3n) is 2.88. The lowest BCUT2D eigenvalue weighted by Gasteiger charge is -1.99. The van der Waals surface area contributed by atoms with Crippen LogP contribution in [0.5, 0.6) is 0 Å². The Hall–Kier alpha value is -1.62. The lowest BCUT2D eigenvalue weighted by molar-refractivity contribution is 0.386. The molecule has 0 radical (unpaired) electrons. The number of hydrogen-bond acceptors (Lipinski definition) is 4. The topological polar surface area (TPSA) is 55.9 Å². The summed E-state index contributed by atoms with van der Waals surface area (Å²) in [5.74, 6) is 1.34. The maximum Gasteiger partial charge on any atom is 0.223 e. The highest BCUT2D eigenvalue weighted by molar-refractivity contribution is 5.11. The van der Waals surface area contributed by atoms with E-state index >= 15 is 0 Å². The van der Waals surface area contributed by atoms with Gasteiger partial charge < -0.3 is 14.4 Å². The quantitative estimate of drug-likeness (QED) is 0.848. The van der Waals surface area contributed by atoms with Crippen LogP contribution in [0.4, 0.5) is 0 Å². The van der Waals surface area contributed by atoms with Gasteiger partial charge in [-0.05, 0) is 24.5 Å². The van der Waals surface area contributed by atoms with Gasteiger partial charge in [0.05, 0.1) is 6.54 Å². The molecule has 0 aliphatic heterocycles. The summed E-state index contributed by atoms with van der Waals surface area (Å²) in [6, 6.07) is 2.88. The van der Waals surface area contributed by atoms with Crippen molar-refractivity contribution < 1.29 is 4.52 Å². The van der Waals surface area contributed by atoms with Gasteiger partial charge in [0.2, 0.25) is 5.89 Å². The smallest absolute Gasteiger partial charge is 0.223 e. The van der Waals surface area contributed by atoms with Crippen LogP contribution in [-0.2, 0) is 13.1 Å². The van der Waals surface area contributed by atoms with Crippen molar-refractivity contribution in [3.8, 4) is 0 Å². The maximum atomic E-state index is 4.94. The molecule has 1 aliphatic carbocycles. The van der Waals surface area contributed by atoms with Gasteiger partial charge >= 0.3 is 0 Å². The van der Waals surface area contributed by atoms with Gasteiger partial charge in [0, 0.05) is 31.9 Å². The van der Waals surface area contributed by atoms with Crippen molar-refractivity contribution in [2.75, 3.05) is 0 Å². The molecule has 1 N–H and O–H groups in total. The first-order valence-corrected chi connectivity index (χ1v) is 5.97. The number of nitrogens with zero attached hydrogens (tertiary/aromatic N) is 3. The molecule has 1 saturated carbocycles. The molecular weight excluding hydrogens is 216 g/mol. The monoisotopic (exact) mass is 232 g/mol. The van der Waals surface area contributed by atoms with E-state index in [1.54, 1.807) is 6.92 Å². The summed E-state index contributed by atoms with van der Waals surface area (Å²) in [4.78, 5) is 4.19. The third kappa shape index (κ3) is 2.74. The van der Waals surface area contributed by atoms with Crippen LogP contribution in [0.15, 0.2) is 23.0 Å². The van der Waals surface area contributed by atoms with E-state index in [0.717, 1.165) is 18.4 Å². The molecule has 0 atom stereocenters. The number of aryl methyl sites for hydroxylation is 1. The van der Waals surface area contributed by atoms with Gasteiger partial charge in [-0.1, -0.05) is 5.16 Å². The normalized spacial score (nSPS) is 15.4. The zero-order valence-corrected chi connectivity index (χ0v) is 9.89. The molecule has 0 amide bonds. The largest absolute Gasteiger partial charge is 0.346 e. The molecule has 0 saturated heterocycles. The zero-order chi connectivity index (χ0) is 11.7. The van der Waals surface area contributed by atoms with Crippen LogP contribution in [0.25, 0.3) is 0 Å². The van der Waals surface area contributed by atoms with E-state index in [1.165, 1.54) is 18.4 Å². The fraction of sp³-hybridized carbons (Fsp3) is 0.500. The Morgan fingerprint density at radius 3 is 3.12 bits per heavy atom. The van der Waals surface area contributed by atoms with E-state index < -0.39 is 0 Å². The highest BCUT2D eigenvalue weighted by Crippen LogP contribution is 2.19. The lowest BCUT2D eigenvalue weighted by Crippen LogP contribution is -2.14. The summed E-state index contributed by atoms with van der Waals surface area (Å²) >= 11 is 0. The Morgan fingerprint density at radius 1 is 1.53 bits per heavy atom. The molecule has 0 unspecified atom stereocenters. The molecule has 0 bridgehead atoms. The second kappa shape index (κ2) is 4.33. The van der Waals surface area contributed by atoms with Crippen LogP contribution in [0.2, 0.25) is 0 Å². The fourth-order valence-electron chi connectivity index (χ4n) is 1.81. The molecule has 1 fully saturated rings. The predicted octanol–water partition coefficient (Wildman–Crippen LogP) is 1.48. The third-order valence-corrected chi connectivity index (χ3v) is 2.88. The molecule has 2 aromatic heterocycles. The Kier molecular flexibility index (Phi) is 2.68. The molecule has 2 aromatic rings. The summed E-state index contributed by atoms with van der Waals surface area (Å²) in [5.41, 5.74) is 1.30. The summed E-state index contributed by atoms with van der Waals surface area (Å²) in [5, 5.41) is 7.37. The van der Waals surface area contributed by atoms with Crippen LogP contribution in [0.1, 0.15) is 30.1 Å². The number of nitrogens with one attached hydrogen (secondary N) is 1. The standard InChI is InChI=1S/C12H16N4O/c1-9-14-12(15-17-9)8-16-5-4-10(7-16)6-13-11-2-3-11/h4-5,7,11,13H,2-3,6,8H2,1H3. The molecule has 0 aromatic carbocycles. The van der Waals surface area contributed by atoms with Crippen molar-refractivity contribution in [3.05, 3.63) is 35.7 Å². The van der Waals surface area contributed by atoms with E-state index in [-0.39, 0.29) is 0 Å². The summed E-state index contributed by atoms with van der Waals surface area (Å²) in [6.45, 7) is 3.42. The van der Waals surface area contributed by atoms with Gasteiger partial charge in [-0.25, -0.2) is 0 Å². The van der Waals surface area contributed by atoms with E-state index in [1.807, 2.05) is 0 Å². The first-order chi connectivity index (χ1) is 8.29. The van der Waals surface area contributed by atoms with Crippen LogP contribution >= 0.6 is 0 Å². The van der Waals surface area contributed by atoms with E-state index in [9.17, 15) is 0 Å². The second-order valence-electron chi connectivity index (χ2n) is 4.58. The lowest BCUT2D eigenvalue weighted by atomic mass is 10.3. The van der Waals surface area contributed by atoms with Crippen molar-refractivity contribution in [1.29, 1.82) is 0 Å². The highest BCUT2D eigenvalue weighted by Gasteiger charge is 2.19. The Balaban J connectivity index is 1.59. The minimum Gasteiger partial charge on any atom is -0.346 e. The van der Waals surface area contributed by atoms with Gasteiger partial charge in [0.25, 0.3) is 0 Å². The first-order valence-electron chi connectivity index (χ1n) is 5.97. The Labute approximate surface area is 99.8 Å². The predicted molar refractivity (Wildman–Crippen MR) is 62.4 cm³/mol. The van der Waals surface area contributed by atoms with Crippen LogP contribution in [0, 0.1) is 6.92 Å². The average Bonchev–Trinajstić information content (AvgIpc) is 2.90. The van der Waals surface area contributed by atoms with Crippen molar-refractivity contribution >= 4 is 0 Å². The zero-order valence-electron chi connectivity index (χ0n) is 9.89. The molecule has 1 aliphatic rings. The van der Waals surface area contributed by atoms with Crippen molar-refractivity contribution in [2.24, 2.45) is 0 Å². The van der Waals surface area contributed by atoms with Crippen LogP contribution in [-0.4, -0.2) is 20.7 Å². The van der Waals surface area contributed by atoms with Crippen molar-refractivity contribution in [1.82, 2.24) is 20.0 Å². The Bertz CT molecular complexity index is 498. The second-order valence-corrected chi connectivity index (χ2v) is 4.58. The average molecular weight is 232 g/mol. The number of aromatic nitrogens is 3. The molecular formula is C12H16N4O. The molecule has 90 valence electrons. The minimum absolute atomic E-state index is 0.614. The molecule has 5 nitrogen and oxygen atoms in total. The fourth-order valence-corrected chi connectivity index (χ4v) is 1.81. The van der Waals surface area contributed by atoms with E-state index in [0.29, 0.717) is 12.4 Å². The maximum absolute atomic E-state index is 4.94. The SMILES string of the molecule is Cc1nc(Cn2ccc(CNC3CC3)c2)no1. The Morgan fingerprint density at radius 2 is 2.41 bits per heavy atom. The first kappa shape index (κ1) is 10.5. The van der Waals surface area contributed by atoms with Gasteiger partial charge in [-0.3, -0.25) is 0 Å². The molecule has 0 spiro atoms. The summed E-state index contributed by atoms with van der Waals surface area (Å²) in [6.07, 6.45) is 6.82. The molecule has 2 heterocycles. The number of hydrogen-bond donors (Lipinski definition) is 1. The minimum atomic E-state index is 0.614.